The van der Waals surface area contributed by atoms with Crippen LogP contribution >= 0.6 is 0 Å². The Labute approximate surface area is 118 Å². The first-order chi connectivity index (χ1) is 9.78. The second-order valence-corrected chi connectivity index (χ2v) is 5.41. The van der Waals surface area contributed by atoms with Gasteiger partial charge in [0.1, 0.15) is 5.82 Å². The third kappa shape index (κ3) is 2.90. The Morgan fingerprint density at radius 1 is 1.30 bits per heavy atom. The lowest BCUT2D eigenvalue weighted by atomic mass is 10.1. The van der Waals surface area contributed by atoms with Gasteiger partial charge in [-0.3, -0.25) is 0 Å². The van der Waals surface area contributed by atoms with E-state index < -0.39 is 0 Å². The maximum Gasteiger partial charge on any atom is 0.123 e. The van der Waals surface area contributed by atoms with Crippen LogP contribution in [0.5, 0.6) is 0 Å². The van der Waals surface area contributed by atoms with Crippen molar-refractivity contribution in [3.05, 3.63) is 47.5 Å². The van der Waals surface area contributed by atoms with Crippen molar-refractivity contribution in [2.45, 2.75) is 45.2 Å². The van der Waals surface area contributed by atoms with E-state index in [0.29, 0.717) is 6.04 Å². The van der Waals surface area contributed by atoms with Gasteiger partial charge in [-0.25, -0.2) is 9.07 Å². The maximum absolute atomic E-state index is 13.0. The molecular weight excluding hydrogens is 253 g/mol. The van der Waals surface area contributed by atoms with Gasteiger partial charge in [0.25, 0.3) is 0 Å². The molecule has 0 saturated heterocycles. The standard InChI is InChI=1S/C16H20FN3/c1-2-3-16-12(10-18-14-6-7-14)11-19-20(16)15-8-4-13(17)5-9-15/h4-5,8-9,11,14,18H,2-3,6-7,10H2,1H3. The lowest BCUT2D eigenvalue weighted by Gasteiger charge is -2.09. The van der Waals surface area contributed by atoms with Crippen LogP contribution in [0.25, 0.3) is 5.69 Å². The number of hydrogen-bond donors (Lipinski definition) is 1. The summed E-state index contributed by atoms with van der Waals surface area (Å²) in [5, 5.41) is 8.02. The Hall–Kier alpha value is -1.68. The highest BCUT2D eigenvalue weighted by molar-refractivity contribution is 5.35. The van der Waals surface area contributed by atoms with E-state index in [4.69, 9.17) is 0 Å². The highest BCUT2D eigenvalue weighted by Crippen LogP contribution is 2.21. The SMILES string of the molecule is CCCc1c(CNC2CC2)cnn1-c1ccc(F)cc1. The van der Waals surface area contributed by atoms with Crippen LogP contribution in [-0.2, 0) is 13.0 Å². The predicted molar refractivity (Wildman–Crippen MR) is 77.4 cm³/mol. The molecule has 0 aliphatic heterocycles. The fourth-order valence-corrected chi connectivity index (χ4v) is 2.41. The summed E-state index contributed by atoms with van der Waals surface area (Å²) in [6.07, 6.45) is 6.57. The second kappa shape index (κ2) is 5.75. The Balaban J connectivity index is 1.86. The zero-order chi connectivity index (χ0) is 13.9. The van der Waals surface area contributed by atoms with Crippen molar-refractivity contribution in [1.29, 1.82) is 0 Å². The van der Waals surface area contributed by atoms with E-state index in [-0.39, 0.29) is 5.82 Å². The van der Waals surface area contributed by atoms with Crippen LogP contribution in [0.15, 0.2) is 30.5 Å². The molecule has 1 heterocycles. The third-order valence-electron chi connectivity index (χ3n) is 3.67. The van der Waals surface area contributed by atoms with Gasteiger partial charge in [-0.05, 0) is 43.5 Å². The van der Waals surface area contributed by atoms with Crippen molar-refractivity contribution in [3.63, 3.8) is 0 Å². The monoisotopic (exact) mass is 273 g/mol. The fraction of sp³-hybridized carbons (Fsp3) is 0.438. The first-order valence-electron chi connectivity index (χ1n) is 7.33. The minimum atomic E-state index is -0.214. The summed E-state index contributed by atoms with van der Waals surface area (Å²) in [6, 6.07) is 7.21. The van der Waals surface area contributed by atoms with E-state index in [0.717, 1.165) is 25.1 Å². The van der Waals surface area contributed by atoms with Crippen molar-refractivity contribution >= 4 is 0 Å². The molecule has 4 heteroatoms. The van der Waals surface area contributed by atoms with Crippen molar-refractivity contribution in [3.8, 4) is 5.69 Å². The highest BCUT2D eigenvalue weighted by atomic mass is 19.1. The van der Waals surface area contributed by atoms with Crippen LogP contribution < -0.4 is 5.32 Å². The fourth-order valence-electron chi connectivity index (χ4n) is 2.41. The zero-order valence-electron chi connectivity index (χ0n) is 11.8. The number of aromatic nitrogens is 2. The molecule has 0 spiro atoms. The third-order valence-corrected chi connectivity index (χ3v) is 3.67. The largest absolute Gasteiger partial charge is 0.310 e. The van der Waals surface area contributed by atoms with Crippen molar-refractivity contribution in [2.75, 3.05) is 0 Å². The van der Waals surface area contributed by atoms with Gasteiger partial charge in [0.05, 0.1) is 11.9 Å². The highest BCUT2D eigenvalue weighted by Gasteiger charge is 2.21. The van der Waals surface area contributed by atoms with Crippen molar-refractivity contribution in [2.24, 2.45) is 0 Å². The van der Waals surface area contributed by atoms with Gasteiger partial charge in [-0.1, -0.05) is 13.3 Å². The van der Waals surface area contributed by atoms with Crippen molar-refractivity contribution < 1.29 is 4.39 Å². The van der Waals surface area contributed by atoms with Gasteiger partial charge in [0.2, 0.25) is 0 Å². The van der Waals surface area contributed by atoms with E-state index in [2.05, 4.69) is 17.3 Å². The van der Waals surface area contributed by atoms with E-state index >= 15 is 0 Å². The molecule has 1 N–H and O–H groups in total. The number of hydrogen-bond acceptors (Lipinski definition) is 2. The van der Waals surface area contributed by atoms with Gasteiger partial charge >= 0.3 is 0 Å². The van der Waals surface area contributed by atoms with Gasteiger partial charge in [0.15, 0.2) is 0 Å². The lowest BCUT2D eigenvalue weighted by molar-refractivity contribution is 0.626. The summed E-state index contributed by atoms with van der Waals surface area (Å²) in [5.41, 5.74) is 3.41. The first kappa shape index (κ1) is 13.3. The summed E-state index contributed by atoms with van der Waals surface area (Å²) in [5.74, 6) is -0.214. The molecule has 1 aromatic heterocycles. The lowest BCUT2D eigenvalue weighted by Crippen LogP contribution is -2.16. The Morgan fingerprint density at radius 2 is 2.05 bits per heavy atom. The van der Waals surface area contributed by atoms with Crippen LogP contribution in [0, 0.1) is 5.82 Å². The van der Waals surface area contributed by atoms with E-state index in [9.17, 15) is 4.39 Å². The van der Waals surface area contributed by atoms with Crippen LogP contribution in [-0.4, -0.2) is 15.8 Å². The average molecular weight is 273 g/mol. The summed E-state index contributed by atoms with van der Waals surface area (Å²) < 4.78 is 15.0. The van der Waals surface area contributed by atoms with Crippen LogP contribution in [0.1, 0.15) is 37.4 Å². The number of nitrogens with one attached hydrogen (secondary N) is 1. The Morgan fingerprint density at radius 3 is 2.70 bits per heavy atom. The summed E-state index contributed by atoms with van der Waals surface area (Å²) >= 11 is 0. The van der Waals surface area contributed by atoms with Gasteiger partial charge in [-0.2, -0.15) is 5.10 Å². The van der Waals surface area contributed by atoms with Crippen LogP contribution in [0.3, 0.4) is 0 Å². The molecule has 0 radical (unpaired) electrons. The first-order valence-corrected chi connectivity index (χ1v) is 7.33. The second-order valence-electron chi connectivity index (χ2n) is 5.41. The molecule has 0 atom stereocenters. The Bertz CT molecular complexity index is 570. The molecule has 0 unspecified atom stereocenters. The Kier molecular flexibility index (Phi) is 3.83. The van der Waals surface area contributed by atoms with E-state index in [1.54, 1.807) is 12.1 Å². The molecule has 106 valence electrons. The summed E-state index contributed by atoms with van der Waals surface area (Å²) in [6.45, 7) is 3.04. The number of rotatable bonds is 6. The molecule has 1 aliphatic rings. The van der Waals surface area contributed by atoms with Gasteiger partial charge in [0, 0.05) is 23.8 Å². The summed E-state index contributed by atoms with van der Waals surface area (Å²) in [7, 11) is 0. The molecule has 1 aliphatic carbocycles. The molecule has 0 bridgehead atoms. The molecule has 3 nitrogen and oxygen atoms in total. The van der Waals surface area contributed by atoms with Crippen molar-refractivity contribution in [1.82, 2.24) is 15.1 Å². The maximum atomic E-state index is 13.0. The minimum Gasteiger partial charge on any atom is -0.310 e. The van der Waals surface area contributed by atoms with E-state index in [1.807, 2.05) is 10.9 Å². The van der Waals surface area contributed by atoms with Crippen LogP contribution in [0.4, 0.5) is 4.39 Å². The zero-order valence-corrected chi connectivity index (χ0v) is 11.8. The molecule has 1 fully saturated rings. The molecule has 20 heavy (non-hydrogen) atoms. The van der Waals surface area contributed by atoms with Gasteiger partial charge < -0.3 is 5.32 Å². The number of benzene rings is 1. The van der Waals surface area contributed by atoms with E-state index in [1.165, 1.54) is 36.2 Å². The predicted octanol–water partition coefficient (Wildman–Crippen LogP) is 3.22. The molecule has 1 aromatic carbocycles. The minimum absolute atomic E-state index is 0.214. The topological polar surface area (TPSA) is 29.9 Å². The normalized spacial score (nSPS) is 14.7. The number of halogens is 1. The average Bonchev–Trinajstić information content (AvgIpc) is 3.20. The van der Waals surface area contributed by atoms with Gasteiger partial charge in [-0.15, -0.1) is 0 Å². The summed E-state index contributed by atoms with van der Waals surface area (Å²) in [4.78, 5) is 0. The molecule has 1 saturated carbocycles. The molecule has 3 rings (SSSR count). The number of nitrogens with zero attached hydrogens (tertiary/aromatic N) is 2. The molecule has 0 amide bonds. The quantitative estimate of drug-likeness (QED) is 0.876. The molecule has 2 aromatic rings. The smallest absolute Gasteiger partial charge is 0.123 e. The molecular formula is C16H20FN3. The van der Waals surface area contributed by atoms with Crippen LogP contribution in [0.2, 0.25) is 0 Å².